The highest BCUT2D eigenvalue weighted by Gasteiger charge is 2.43. The van der Waals surface area contributed by atoms with Crippen molar-refractivity contribution < 1.29 is 4.79 Å². The van der Waals surface area contributed by atoms with Gasteiger partial charge < -0.3 is 10.6 Å². The van der Waals surface area contributed by atoms with E-state index in [0.29, 0.717) is 5.69 Å². The second-order valence-corrected chi connectivity index (χ2v) is 9.44. The lowest BCUT2D eigenvalue weighted by Crippen LogP contribution is -2.32. The molecule has 1 amide bonds. The molecule has 0 radical (unpaired) electrons. The zero-order chi connectivity index (χ0) is 24.4. The monoisotopic (exact) mass is 478 g/mol. The summed E-state index contributed by atoms with van der Waals surface area (Å²) in [6, 6.07) is 18.1. The summed E-state index contributed by atoms with van der Waals surface area (Å²) in [4.78, 5) is 23.0. The maximum Gasteiger partial charge on any atom is 0.235 e. The van der Waals surface area contributed by atoms with Gasteiger partial charge >= 0.3 is 0 Å². The Morgan fingerprint density at radius 1 is 1.00 bits per heavy atom. The van der Waals surface area contributed by atoms with Gasteiger partial charge in [-0.3, -0.25) is 4.79 Å². The highest BCUT2D eigenvalue weighted by atomic mass is 32.2. The molecule has 4 aromatic rings. The first-order chi connectivity index (χ1) is 17.1. The van der Waals surface area contributed by atoms with Crippen LogP contribution in [0.25, 0.3) is 10.8 Å². The standard InChI is InChI=1S/C29H26N4OS/c1-4-29(5-2)24-12-6-19(16-26(24)33-28(29)34)7-13-25-23-17-27(31-18-20(23)14-15-30-25)32-21-8-10-22(35-3)11-9-21/h6,8-12,14-18H,4-5H2,1-3H3,(H,31,32)(H,33,34). The number of thioether (sulfide) groups is 1. The van der Waals surface area contributed by atoms with Crippen molar-refractivity contribution in [2.45, 2.75) is 37.0 Å². The predicted molar refractivity (Wildman–Crippen MR) is 144 cm³/mol. The molecule has 0 aliphatic carbocycles. The van der Waals surface area contributed by atoms with Crippen molar-refractivity contribution in [1.82, 2.24) is 9.97 Å². The molecule has 0 saturated carbocycles. The average molecular weight is 479 g/mol. The van der Waals surface area contributed by atoms with E-state index in [1.165, 1.54) is 4.90 Å². The molecular formula is C29H26N4OS. The molecule has 3 heterocycles. The van der Waals surface area contributed by atoms with E-state index in [2.05, 4.69) is 64.7 Å². The largest absolute Gasteiger partial charge is 0.340 e. The van der Waals surface area contributed by atoms with Crippen molar-refractivity contribution in [2.24, 2.45) is 0 Å². The van der Waals surface area contributed by atoms with Gasteiger partial charge in [0.1, 0.15) is 11.5 Å². The second kappa shape index (κ2) is 9.44. The fourth-order valence-electron chi connectivity index (χ4n) is 4.65. The lowest BCUT2D eigenvalue weighted by molar-refractivity contribution is -0.121. The summed E-state index contributed by atoms with van der Waals surface area (Å²) in [6.45, 7) is 4.13. The van der Waals surface area contributed by atoms with Crippen molar-refractivity contribution in [3.8, 4) is 11.8 Å². The number of aromatic nitrogens is 2. The Morgan fingerprint density at radius 3 is 2.54 bits per heavy atom. The predicted octanol–water partition coefficient (Wildman–Crippen LogP) is 6.51. The van der Waals surface area contributed by atoms with Gasteiger partial charge in [-0.25, -0.2) is 9.97 Å². The highest BCUT2D eigenvalue weighted by Crippen LogP contribution is 2.42. The number of nitrogens with zero attached hydrogens (tertiary/aromatic N) is 2. The molecule has 0 unspecified atom stereocenters. The van der Waals surface area contributed by atoms with Gasteiger partial charge in [0.2, 0.25) is 5.91 Å². The van der Waals surface area contributed by atoms with Crippen LogP contribution in [0.1, 0.15) is 43.5 Å². The third kappa shape index (κ3) is 4.24. The van der Waals surface area contributed by atoms with E-state index in [4.69, 9.17) is 0 Å². The molecule has 2 aromatic carbocycles. The molecule has 2 aromatic heterocycles. The van der Waals surface area contributed by atoms with Crippen molar-refractivity contribution in [2.75, 3.05) is 16.9 Å². The van der Waals surface area contributed by atoms with Crippen molar-refractivity contribution in [3.63, 3.8) is 0 Å². The van der Waals surface area contributed by atoms with Gasteiger partial charge in [-0.2, -0.15) is 0 Å². The van der Waals surface area contributed by atoms with E-state index in [1.807, 2.05) is 48.7 Å². The summed E-state index contributed by atoms with van der Waals surface area (Å²) in [5.74, 6) is 7.28. The molecule has 0 saturated heterocycles. The van der Waals surface area contributed by atoms with Gasteiger partial charge in [0.15, 0.2) is 0 Å². The summed E-state index contributed by atoms with van der Waals surface area (Å²) in [5, 5.41) is 8.33. The van der Waals surface area contributed by atoms with Crippen LogP contribution in [0.5, 0.6) is 0 Å². The van der Waals surface area contributed by atoms with Crippen molar-refractivity contribution >= 4 is 45.6 Å². The molecule has 0 spiro atoms. The van der Waals surface area contributed by atoms with E-state index in [1.54, 1.807) is 18.0 Å². The molecule has 5 rings (SSSR count). The summed E-state index contributed by atoms with van der Waals surface area (Å²) in [7, 11) is 0. The zero-order valence-electron chi connectivity index (χ0n) is 20.0. The maximum absolute atomic E-state index is 12.7. The third-order valence-electron chi connectivity index (χ3n) is 6.76. The molecule has 5 nitrogen and oxygen atoms in total. The van der Waals surface area contributed by atoms with Gasteiger partial charge in [-0.15, -0.1) is 11.8 Å². The Morgan fingerprint density at radius 2 is 1.80 bits per heavy atom. The molecule has 174 valence electrons. The first-order valence-corrected chi connectivity index (χ1v) is 12.9. The Labute approximate surface area is 209 Å². The zero-order valence-corrected chi connectivity index (χ0v) is 20.8. The number of nitrogens with one attached hydrogen (secondary N) is 2. The van der Waals surface area contributed by atoms with Crippen LogP contribution in [-0.4, -0.2) is 22.1 Å². The van der Waals surface area contributed by atoms with E-state index < -0.39 is 5.41 Å². The molecular weight excluding hydrogens is 452 g/mol. The van der Waals surface area contributed by atoms with Gasteiger partial charge in [-0.05, 0) is 79.1 Å². The van der Waals surface area contributed by atoms with Gasteiger partial charge in [-0.1, -0.05) is 25.8 Å². The minimum atomic E-state index is -0.440. The van der Waals surface area contributed by atoms with Crippen LogP contribution in [-0.2, 0) is 10.2 Å². The van der Waals surface area contributed by atoms with Crippen molar-refractivity contribution in [3.05, 3.63) is 83.8 Å². The Hall–Kier alpha value is -3.82. The van der Waals surface area contributed by atoms with Gasteiger partial charge in [0.25, 0.3) is 0 Å². The number of rotatable bonds is 5. The molecule has 6 heteroatoms. The number of carbonyl (C=O) groups is 1. The molecule has 2 N–H and O–H groups in total. The third-order valence-corrected chi connectivity index (χ3v) is 7.50. The van der Waals surface area contributed by atoms with Crippen LogP contribution < -0.4 is 10.6 Å². The number of amides is 1. The number of carbonyl (C=O) groups excluding carboxylic acids is 1. The Balaban J connectivity index is 1.45. The number of fused-ring (bicyclic) bond motifs is 2. The van der Waals surface area contributed by atoms with E-state index in [9.17, 15) is 4.79 Å². The SMILES string of the molecule is CCC1(CC)C(=O)Nc2cc(C#Cc3nccc4cnc(Nc5ccc(SC)cc5)cc34)ccc21. The fourth-order valence-corrected chi connectivity index (χ4v) is 5.05. The molecule has 0 fully saturated rings. The van der Waals surface area contributed by atoms with Crippen LogP contribution in [0.15, 0.2) is 71.9 Å². The lowest BCUT2D eigenvalue weighted by atomic mass is 9.77. The van der Waals surface area contributed by atoms with Crippen LogP contribution in [0.2, 0.25) is 0 Å². The number of pyridine rings is 2. The van der Waals surface area contributed by atoms with E-state index in [0.717, 1.165) is 51.9 Å². The second-order valence-electron chi connectivity index (χ2n) is 8.56. The highest BCUT2D eigenvalue weighted by molar-refractivity contribution is 7.98. The molecule has 0 atom stereocenters. The van der Waals surface area contributed by atoms with E-state index in [-0.39, 0.29) is 5.91 Å². The van der Waals surface area contributed by atoms with Gasteiger partial charge in [0.05, 0.1) is 5.41 Å². The summed E-state index contributed by atoms with van der Waals surface area (Å²) < 4.78 is 0. The minimum Gasteiger partial charge on any atom is -0.340 e. The maximum atomic E-state index is 12.7. The average Bonchev–Trinajstić information content (AvgIpc) is 3.18. The number of benzene rings is 2. The summed E-state index contributed by atoms with van der Waals surface area (Å²) in [5.41, 5.74) is 3.98. The van der Waals surface area contributed by atoms with Crippen LogP contribution in [0, 0.1) is 11.8 Å². The quantitative estimate of drug-likeness (QED) is 0.253. The summed E-state index contributed by atoms with van der Waals surface area (Å²) in [6.07, 6.45) is 7.20. The first kappa shape index (κ1) is 22.9. The molecule has 1 aliphatic heterocycles. The Kier molecular flexibility index (Phi) is 6.19. The van der Waals surface area contributed by atoms with E-state index >= 15 is 0 Å². The fraction of sp³-hybridized carbons (Fsp3) is 0.207. The van der Waals surface area contributed by atoms with Crippen LogP contribution in [0.3, 0.4) is 0 Å². The minimum absolute atomic E-state index is 0.0777. The number of anilines is 3. The van der Waals surface area contributed by atoms with Gasteiger partial charge in [0, 0.05) is 45.0 Å². The normalized spacial score (nSPS) is 13.6. The number of hydrogen-bond donors (Lipinski definition) is 2. The molecule has 0 bridgehead atoms. The smallest absolute Gasteiger partial charge is 0.235 e. The topological polar surface area (TPSA) is 66.9 Å². The lowest BCUT2D eigenvalue weighted by Gasteiger charge is -2.23. The van der Waals surface area contributed by atoms with Crippen LogP contribution >= 0.6 is 11.8 Å². The van der Waals surface area contributed by atoms with Crippen LogP contribution in [0.4, 0.5) is 17.2 Å². The summed E-state index contributed by atoms with van der Waals surface area (Å²) >= 11 is 1.71. The Bertz CT molecular complexity index is 1480. The molecule has 35 heavy (non-hydrogen) atoms. The number of hydrogen-bond acceptors (Lipinski definition) is 5. The molecule has 1 aliphatic rings. The van der Waals surface area contributed by atoms with Crippen molar-refractivity contribution in [1.29, 1.82) is 0 Å². The first-order valence-electron chi connectivity index (χ1n) is 11.7.